The fourth-order valence-corrected chi connectivity index (χ4v) is 1.42. The second kappa shape index (κ2) is 3.77. The molecule has 0 fully saturated rings. The van der Waals surface area contributed by atoms with Gasteiger partial charge in [0.15, 0.2) is 0 Å². The smallest absolute Gasteiger partial charge is 0.0576 e. The fourth-order valence-electron chi connectivity index (χ4n) is 1.42. The van der Waals surface area contributed by atoms with Gasteiger partial charge in [-0.1, -0.05) is 30.3 Å². The molecule has 5 N–H and O–H groups in total. The normalized spacial score (nSPS) is 18.1. The van der Waals surface area contributed by atoms with E-state index in [0.29, 0.717) is 6.54 Å². The van der Waals surface area contributed by atoms with Gasteiger partial charge in [0.25, 0.3) is 0 Å². The largest absolute Gasteiger partial charge is 0.253 e. The number of hydrogen-bond acceptors (Lipinski definition) is 5. The van der Waals surface area contributed by atoms with Crippen LogP contribution in [0.4, 0.5) is 0 Å². The van der Waals surface area contributed by atoms with Crippen LogP contribution in [0.15, 0.2) is 36.5 Å². The summed E-state index contributed by atoms with van der Waals surface area (Å²) in [5.41, 5.74) is 4.93. The van der Waals surface area contributed by atoms with Crippen molar-refractivity contribution < 1.29 is 0 Å². The highest BCUT2D eigenvalue weighted by Crippen LogP contribution is 2.15. The Labute approximate surface area is 82.5 Å². The van der Waals surface area contributed by atoms with Gasteiger partial charge in [-0.3, -0.25) is 5.84 Å². The standard InChI is InChI=1S/C9H13N5/c10-13-6-9(7-14(11)12-13)8-4-2-1-3-5-8/h1-6,12H,7,10-11H2. The van der Waals surface area contributed by atoms with Gasteiger partial charge in [-0.2, -0.15) is 5.12 Å². The molecule has 0 aliphatic carbocycles. The quantitative estimate of drug-likeness (QED) is 0.537. The van der Waals surface area contributed by atoms with E-state index in [1.54, 1.807) is 0 Å². The van der Waals surface area contributed by atoms with Crippen LogP contribution in [0.2, 0.25) is 0 Å². The minimum atomic E-state index is 0.623. The molecule has 2 rings (SSSR count). The topological polar surface area (TPSA) is 70.5 Å². The number of nitrogens with zero attached hydrogens (tertiary/aromatic N) is 2. The molecule has 1 aliphatic rings. The van der Waals surface area contributed by atoms with Crippen molar-refractivity contribution in [3.63, 3.8) is 0 Å². The molecular formula is C9H13N5. The minimum absolute atomic E-state index is 0.623. The van der Waals surface area contributed by atoms with E-state index in [1.807, 2.05) is 36.5 Å². The molecule has 5 nitrogen and oxygen atoms in total. The third-order valence-corrected chi connectivity index (χ3v) is 2.02. The van der Waals surface area contributed by atoms with E-state index in [4.69, 9.17) is 11.7 Å². The third kappa shape index (κ3) is 1.91. The van der Waals surface area contributed by atoms with Gasteiger partial charge in [-0.15, -0.1) is 5.53 Å². The fraction of sp³-hybridized carbons (Fsp3) is 0.111. The van der Waals surface area contributed by atoms with E-state index in [9.17, 15) is 0 Å². The number of hydrogen-bond donors (Lipinski definition) is 3. The van der Waals surface area contributed by atoms with E-state index in [1.165, 1.54) is 10.2 Å². The Morgan fingerprint density at radius 1 is 1.14 bits per heavy atom. The molecule has 0 aromatic heterocycles. The average Bonchev–Trinajstić information content (AvgIpc) is 2.18. The first kappa shape index (κ1) is 9.17. The molecule has 14 heavy (non-hydrogen) atoms. The summed E-state index contributed by atoms with van der Waals surface area (Å²) >= 11 is 0. The molecule has 1 aromatic rings. The monoisotopic (exact) mass is 191 g/mol. The predicted molar refractivity (Wildman–Crippen MR) is 54.5 cm³/mol. The van der Waals surface area contributed by atoms with Gasteiger partial charge < -0.3 is 0 Å². The summed E-state index contributed by atoms with van der Waals surface area (Å²) in [5.74, 6) is 11.2. The number of nitrogens with two attached hydrogens (primary N) is 2. The van der Waals surface area contributed by atoms with Crippen molar-refractivity contribution in [2.75, 3.05) is 6.54 Å². The number of nitrogens with one attached hydrogen (secondary N) is 1. The zero-order valence-electron chi connectivity index (χ0n) is 7.72. The van der Waals surface area contributed by atoms with Crippen molar-refractivity contribution in [3.05, 3.63) is 42.1 Å². The first-order chi connectivity index (χ1) is 6.75. The Hall–Kier alpha value is -1.40. The Bertz CT molecular complexity index is 334. The van der Waals surface area contributed by atoms with Gasteiger partial charge in [0.2, 0.25) is 0 Å². The molecule has 74 valence electrons. The van der Waals surface area contributed by atoms with Crippen molar-refractivity contribution in [1.82, 2.24) is 15.8 Å². The molecule has 1 aliphatic heterocycles. The van der Waals surface area contributed by atoms with Crippen molar-refractivity contribution in [2.24, 2.45) is 11.7 Å². The summed E-state index contributed by atoms with van der Waals surface area (Å²) in [4.78, 5) is 0. The molecule has 1 aromatic carbocycles. The van der Waals surface area contributed by atoms with Crippen LogP contribution < -0.4 is 17.2 Å². The van der Waals surface area contributed by atoms with Crippen LogP contribution in [0.5, 0.6) is 0 Å². The van der Waals surface area contributed by atoms with E-state index in [-0.39, 0.29) is 0 Å². The number of hydrazine groups is 4. The first-order valence-corrected chi connectivity index (χ1v) is 4.34. The zero-order chi connectivity index (χ0) is 9.97. The van der Waals surface area contributed by atoms with Gasteiger partial charge in [-0.05, 0) is 11.1 Å². The summed E-state index contributed by atoms with van der Waals surface area (Å²) in [7, 11) is 0. The highest BCUT2D eigenvalue weighted by molar-refractivity contribution is 5.66. The van der Waals surface area contributed by atoms with Crippen molar-refractivity contribution >= 4 is 5.57 Å². The molecule has 0 bridgehead atoms. The highest BCUT2D eigenvalue weighted by atomic mass is 15.9. The summed E-state index contributed by atoms with van der Waals surface area (Å²) in [6.07, 6.45) is 1.82. The van der Waals surface area contributed by atoms with Gasteiger partial charge >= 0.3 is 0 Å². The molecule has 0 atom stereocenters. The lowest BCUT2D eigenvalue weighted by molar-refractivity contribution is 0.0589. The van der Waals surface area contributed by atoms with Gasteiger partial charge in [0.1, 0.15) is 0 Å². The van der Waals surface area contributed by atoms with Gasteiger partial charge in [-0.25, -0.2) is 11.0 Å². The molecule has 0 spiro atoms. The number of rotatable bonds is 1. The van der Waals surface area contributed by atoms with Gasteiger partial charge in [0.05, 0.1) is 6.54 Å². The Morgan fingerprint density at radius 3 is 2.50 bits per heavy atom. The second-order valence-corrected chi connectivity index (χ2v) is 3.16. The summed E-state index contributed by atoms with van der Waals surface area (Å²) < 4.78 is 0. The Kier molecular flexibility index (Phi) is 2.47. The van der Waals surface area contributed by atoms with Crippen LogP contribution in [-0.4, -0.2) is 16.8 Å². The van der Waals surface area contributed by atoms with E-state index < -0.39 is 0 Å². The van der Waals surface area contributed by atoms with Crippen molar-refractivity contribution in [3.8, 4) is 0 Å². The van der Waals surface area contributed by atoms with Crippen molar-refractivity contribution in [1.29, 1.82) is 0 Å². The van der Waals surface area contributed by atoms with Crippen LogP contribution in [-0.2, 0) is 0 Å². The van der Waals surface area contributed by atoms with E-state index >= 15 is 0 Å². The lowest BCUT2D eigenvalue weighted by atomic mass is 10.1. The maximum atomic E-state index is 5.61. The van der Waals surface area contributed by atoms with E-state index in [2.05, 4.69) is 5.53 Å². The molecule has 1 heterocycles. The molecule has 0 saturated heterocycles. The molecule has 0 radical (unpaired) electrons. The number of benzene rings is 1. The second-order valence-electron chi connectivity index (χ2n) is 3.16. The van der Waals surface area contributed by atoms with Crippen molar-refractivity contribution in [2.45, 2.75) is 0 Å². The molecular weight excluding hydrogens is 178 g/mol. The SMILES string of the molecule is NN1C=C(c2ccccc2)CN(N)N1. The maximum Gasteiger partial charge on any atom is 0.0576 e. The van der Waals surface area contributed by atoms with Crippen LogP contribution in [0.25, 0.3) is 5.57 Å². The van der Waals surface area contributed by atoms with Crippen LogP contribution in [0, 0.1) is 0 Å². The predicted octanol–water partition coefficient (Wildman–Crippen LogP) is -0.188. The third-order valence-electron chi connectivity index (χ3n) is 2.02. The van der Waals surface area contributed by atoms with Crippen LogP contribution in [0.1, 0.15) is 5.56 Å². The maximum absolute atomic E-state index is 5.61. The summed E-state index contributed by atoms with van der Waals surface area (Å²) in [6, 6.07) is 10.0. The molecule has 0 amide bonds. The summed E-state index contributed by atoms with van der Waals surface area (Å²) in [5, 5.41) is 2.77. The minimum Gasteiger partial charge on any atom is -0.253 e. The summed E-state index contributed by atoms with van der Waals surface area (Å²) in [6.45, 7) is 0.623. The Morgan fingerprint density at radius 2 is 1.86 bits per heavy atom. The van der Waals surface area contributed by atoms with Gasteiger partial charge in [0, 0.05) is 6.20 Å². The lowest BCUT2D eigenvalue weighted by Gasteiger charge is -2.30. The lowest BCUT2D eigenvalue weighted by Crippen LogP contribution is -2.57. The molecule has 0 saturated carbocycles. The Balaban J connectivity index is 2.26. The average molecular weight is 191 g/mol. The van der Waals surface area contributed by atoms with Crippen LogP contribution in [0.3, 0.4) is 0 Å². The van der Waals surface area contributed by atoms with E-state index in [0.717, 1.165) is 11.1 Å². The first-order valence-electron chi connectivity index (χ1n) is 4.34. The molecule has 5 heteroatoms. The van der Waals surface area contributed by atoms with Crippen LogP contribution >= 0.6 is 0 Å². The molecule has 0 unspecified atom stereocenters. The zero-order valence-corrected chi connectivity index (χ0v) is 7.72. The highest BCUT2D eigenvalue weighted by Gasteiger charge is 2.13.